The van der Waals surface area contributed by atoms with Crippen LogP contribution in [0.2, 0.25) is 0 Å². The van der Waals surface area contributed by atoms with Crippen LogP contribution in [0.15, 0.2) is 89.9 Å². The molecule has 0 unspecified atom stereocenters. The smallest absolute Gasteiger partial charge is 0.0781 e. The predicted octanol–water partition coefficient (Wildman–Crippen LogP) is 5.53. The fraction of sp³-hybridized carbons (Fsp3) is 0.0455. The average molecular weight is 342 g/mol. The number of rotatable bonds is 4. The highest BCUT2D eigenvalue weighted by atomic mass is 32.1. The van der Waals surface area contributed by atoms with Crippen molar-refractivity contribution >= 4 is 32.8 Å². The Morgan fingerprint density at radius 3 is 2.04 bits per heavy atom. The van der Waals surface area contributed by atoms with E-state index < -0.39 is 0 Å². The summed E-state index contributed by atoms with van der Waals surface area (Å²) in [5, 5.41) is 1.16. The third-order valence-corrected chi connectivity index (χ3v) is 5.24. The first-order valence-corrected chi connectivity index (χ1v) is 9.08. The van der Waals surface area contributed by atoms with Crippen LogP contribution in [0.25, 0.3) is 10.1 Å². The lowest BCUT2D eigenvalue weighted by Crippen LogP contribution is -2.02. The average Bonchev–Trinajstić information content (AvgIpc) is 3.11. The zero-order chi connectivity index (χ0) is 17.1. The molecule has 0 atom stereocenters. The van der Waals surface area contributed by atoms with Gasteiger partial charge < -0.3 is 5.73 Å². The van der Waals surface area contributed by atoms with Gasteiger partial charge in [-0.15, -0.1) is 11.3 Å². The highest BCUT2D eigenvalue weighted by molar-refractivity contribution is 7.19. The highest BCUT2D eigenvalue weighted by Crippen LogP contribution is 2.33. The molecule has 0 amide bonds. The van der Waals surface area contributed by atoms with Gasteiger partial charge in [0.1, 0.15) is 0 Å². The van der Waals surface area contributed by atoms with Crippen molar-refractivity contribution in [3.8, 4) is 0 Å². The summed E-state index contributed by atoms with van der Waals surface area (Å²) in [6.07, 6.45) is 0. The monoisotopic (exact) mass is 342 g/mol. The topological polar surface area (TPSA) is 38.4 Å². The van der Waals surface area contributed by atoms with Gasteiger partial charge in [0.25, 0.3) is 0 Å². The summed E-state index contributed by atoms with van der Waals surface area (Å²) in [6.45, 7) is 0.562. The van der Waals surface area contributed by atoms with Crippen molar-refractivity contribution in [2.24, 2.45) is 10.7 Å². The number of nitrogens with two attached hydrogens (primary N) is 1. The quantitative estimate of drug-likeness (QED) is 0.487. The van der Waals surface area contributed by atoms with E-state index in [2.05, 4.69) is 48.5 Å². The van der Waals surface area contributed by atoms with Gasteiger partial charge in [-0.3, -0.25) is 0 Å². The van der Waals surface area contributed by atoms with Crippen LogP contribution in [-0.2, 0) is 6.54 Å². The number of aliphatic imine (C=N–C) groups is 1. The van der Waals surface area contributed by atoms with Gasteiger partial charge in [-0.1, -0.05) is 66.7 Å². The van der Waals surface area contributed by atoms with Gasteiger partial charge >= 0.3 is 0 Å². The minimum Gasteiger partial charge on any atom is -0.326 e. The number of fused-ring (bicyclic) bond motifs is 1. The van der Waals surface area contributed by atoms with Crippen LogP contribution in [0.1, 0.15) is 16.0 Å². The van der Waals surface area contributed by atoms with Crippen LogP contribution in [-0.4, -0.2) is 5.71 Å². The van der Waals surface area contributed by atoms with Crippen molar-refractivity contribution in [2.75, 3.05) is 0 Å². The lowest BCUT2D eigenvalue weighted by atomic mass is 10.0. The Balaban J connectivity index is 1.92. The molecule has 2 nitrogen and oxygen atoms in total. The normalized spacial score (nSPS) is 10.8. The molecule has 0 saturated heterocycles. The van der Waals surface area contributed by atoms with E-state index in [-0.39, 0.29) is 0 Å². The molecule has 3 heteroatoms. The molecule has 0 aliphatic carbocycles. The molecule has 1 aromatic heterocycles. The van der Waals surface area contributed by atoms with E-state index in [1.54, 1.807) is 11.3 Å². The summed E-state index contributed by atoms with van der Waals surface area (Å²) in [4.78, 5) is 6.24. The number of benzene rings is 3. The van der Waals surface area contributed by atoms with Crippen molar-refractivity contribution in [3.05, 3.63) is 101 Å². The molecule has 2 N–H and O–H groups in total. The Hall–Kier alpha value is -2.75. The second-order valence-electron chi connectivity index (χ2n) is 5.80. The summed E-state index contributed by atoms with van der Waals surface area (Å²) in [5.41, 5.74) is 10.0. The number of nitrogens with zero attached hydrogens (tertiary/aromatic N) is 1. The van der Waals surface area contributed by atoms with E-state index in [4.69, 9.17) is 10.7 Å². The summed E-state index contributed by atoms with van der Waals surface area (Å²) in [5.74, 6) is 0. The summed E-state index contributed by atoms with van der Waals surface area (Å²) in [6, 6.07) is 29.1. The molecule has 0 aliphatic heterocycles. The van der Waals surface area contributed by atoms with Crippen molar-refractivity contribution in [1.29, 1.82) is 0 Å². The largest absolute Gasteiger partial charge is 0.326 e. The molecule has 25 heavy (non-hydrogen) atoms. The molecular formula is C22H18N2S. The van der Waals surface area contributed by atoms with Crippen molar-refractivity contribution in [2.45, 2.75) is 6.54 Å². The Morgan fingerprint density at radius 1 is 0.800 bits per heavy atom. The first-order valence-electron chi connectivity index (χ1n) is 8.26. The van der Waals surface area contributed by atoms with E-state index in [1.165, 1.54) is 9.58 Å². The molecule has 1 heterocycles. The lowest BCUT2D eigenvalue weighted by molar-refractivity contribution is 1.11. The van der Waals surface area contributed by atoms with Gasteiger partial charge in [0, 0.05) is 32.6 Å². The van der Waals surface area contributed by atoms with Crippen molar-refractivity contribution < 1.29 is 0 Å². The van der Waals surface area contributed by atoms with Gasteiger partial charge in [0.2, 0.25) is 0 Å². The molecule has 0 saturated carbocycles. The van der Waals surface area contributed by atoms with Crippen LogP contribution in [0.5, 0.6) is 0 Å². The van der Waals surface area contributed by atoms with Crippen molar-refractivity contribution in [3.63, 3.8) is 0 Å². The van der Waals surface area contributed by atoms with Gasteiger partial charge in [-0.25, -0.2) is 4.99 Å². The van der Waals surface area contributed by atoms with E-state index in [0.29, 0.717) is 6.54 Å². The van der Waals surface area contributed by atoms with Gasteiger partial charge in [-0.2, -0.15) is 0 Å². The summed E-state index contributed by atoms with van der Waals surface area (Å²) < 4.78 is 1.22. The van der Waals surface area contributed by atoms with Crippen LogP contribution < -0.4 is 5.73 Å². The fourth-order valence-electron chi connectivity index (χ4n) is 2.90. The SMILES string of the molecule is NCc1cc2c(N=C(c3ccccc3)c3ccccc3)cccc2s1. The maximum absolute atomic E-state index is 5.82. The van der Waals surface area contributed by atoms with Gasteiger partial charge in [0.05, 0.1) is 11.4 Å². The van der Waals surface area contributed by atoms with Crippen LogP contribution >= 0.6 is 11.3 Å². The molecule has 0 radical (unpaired) electrons. The maximum atomic E-state index is 5.82. The second-order valence-corrected chi connectivity index (χ2v) is 6.97. The standard InChI is InChI=1S/C22H18N2S/c23-15-18-14-19-20(12-7-13-21(19)25-18)24-22(16-8-3-1-4-9-16)17-10-5-2-6-11-17/h1-14H,15,23H2. The Morgan fingerprint density at radius 2 is 1.44 bits per heavy atom. The van der Waals surface area contributed by atoms with Crippen LogP contribution in [0.3, 0.4) is 0 Å². The Kier molecular flexibility index (Phi) is 4.42. The first kappa shape index (κ1) is 15.8. The molecule has 4 rings (SSSR count). The molecular weight excluding hydrogens is 324 g/mol. The predicted molar refractivity (Wildman–Crippen MR) is 108 cm³/mol. The van der Waals surface area contributed by atoms with E-state index >= 15 is 0 Å². The zero-order valence-corrected chi connectivity index (χ0v) is 14.5. The van der Waals surface area contributed by atoms with Gasteiger partial charge in [-0.05, 0) is 18.2 Å². The molecule has 122 valence electrons. The third-order valence-electron chi connectivity index (χ3n) is 4.12. The highest BCUT2D eigenvalue weighted by Gasteiger charge is 2.09. The van der Waals surface area contributed by atoms with Gasteiger partial charge in [0.15, 0.2) is 0 Å². The molecule has 0 fully saturated rings. The van der Waals surface area contributed by atoms with E-state index in [0.717, 1.165) is 27.9 Å². The number of hydrogen-bond acceptors (Lipinski definition) is 3. The summed E-state index contributed by atoms with van der Waals surface area (Å²) in [7, 11) is 0. The zero-order valence-electron chi connectivity index (χ0n) is 13.7. The number of thiophene rings is 1. The number of hydrogen-bond donors (Lipinski definition) is 1. The maximum Gasteiger partial charge on any atom is 0.0781 e. The van der Waals surface area contributed by atoms with Crippen LogP contribution in [0, 0.1) is 0 Å². The molecule has 4 aromatic rings. The second kappa shape index (κ2) is 7.01. The lowest BCUT2D eigenvalue weighted by Gasteiger charge is -2.08. The molecule has 0 bridgehead atoms. The summed E-state index contributed by atoms with van der Waals surface area (Å²) >= 11 is 1.74. The van der Waals surface area contributed by atoms with Crippen molar-refractivity contribution in [1.82, 2.24) is 0 Å². The fourth-order valence-corrected chi connectivity index (χ4v) is 3.87. The Bertz CT molecular complexity index is 976. The Labute approximate surface area is 151 Å². The third kappa shape index (κ3) is 3.25. The van der Waals surface area contributed by atoms with E-state index in [1.807, 2.05) is 36.4 Å². The molecule has 0 aliphatic rings. The minimum atomic E-state index is 0.562. The minimum absolute atomic E-state index is 0.562. The molecule has 0 spiro atoms. The van der Waals surface area contributed by atoms with E-state index in [9.17, 15) is 0 Å². The molecule has 3 aromatic carbocycles. The van der Waals surface area contributed by atoms with Crippen LogP contribution in [0.4, 0.5) is 5.69 Å². The first-order chi connectivity index (χ1) is 12.3.